The molecule has 1 fully saturated rings. The average molecular weight is 297 g/mol. The summed E-state index contributed by atoms with van der Waals surface area (Å²) in [5.41, 5.74) is 6.70. The lowest BCUT2D eigenvalue weighted by Crippen LogP contribution is -2.31. The molecule has 2 rings (SSSR count). The van der Waals surface area contributed by atoms with Crippen molar-refractivity contribution in [1.82, 2.24) is 0 Å². The van der Waals surface area contributed by atoms with Crippen molar-refractivity contribution in [1.29, 1.82) is 0 Å². The molecule has 0 saturated heterocycles. The molecular formula is C14H19NO4S. The monoisotopic (exact) mass is 297 g/mol. The lowest BCUT2D eigenvalue weighted by atomic mass is 9.87. The first-order valence-electron chi connectivity index (χ1n) is 6.69. The van der Waals surface area contributed by atoms with Gasteiger partial charge in [0.2, 0.25) is 0 Å². The molecule has 0 atom stereocenters. The number of aryl methyl sites for hydroxylation is 1. The Labute approximate surface area is 119 Å². The predicted molar refractivity (Wildman–Crippen MR) is 74.4 cm³/mol. The molecule has 20 heavy (non-hydrogen) atoms. The zero-order valence-electron chi connectivity index (χ0n) is 11.4. The van der Waals surface area contributed by atoms with Crippen LogP contribution in [-0.2, 0) is 19.1 Å². The molecule has 0 amide bonds. The summed E-state index contributed by atoms with van der Waals surface area (Å²) in [5.74, 6) is -1.03. The van der Waals surface area contributed by atoms with Gasteiger partial charge in [-0.1, -0.05) is 17.7 Å². The molecule has 0 aliphatic heterocycles. The van der Waals surface area contributed by atoms with Gasteiger partial charge in [-0.15, -0.1) is 0 Å². The topological polar surface area (TPSA) is 86.5 Å². The Hall–Kier alpha value is -1.40. The lowest BCUT2D eigenvalue weighted by Gasteiger charge is -2.24. The third-order valence-electron chi connectivity index (χ3n) is 3.61. The molecule has 6 heteroatoms. The van der Waals surface area contributed by atoms with Gasteiger partial charge in [0.15, 0.2) is 0 Å². The number of benzene rings is 1. The van der Waals surface area contributed by atoms with Crippen molar-refractivity contribution in [3.63, 3.8) is 0 Å². The highest BCUT2D eigenvalue weighted by Gasteiger charge is 2.30. The molecule has 110 valence electrons. The molecular weight excluding hydrogens is 278 g/mol. The summed E-state index contributed by atoms with van der Waals surface area (Å²) in [6.45, 7) is 1.85. The smallest absolute Gasteiger partial charge is 0.341 e. The number of carbonyl (C=O) groups excluding carboxylic acids is 1. The van der Waals surface area contributed by atoms with Crippen LogP contribution in [0.3, 0.4) is 0 Å². The SMILES string of the molecule is Cc1ccc(S(=O)(=O)OC(=O)C2CCC(N)CC2)cc1. The first kappa shape index (κ1) is 15.0. The van der Waals surface area contributed by atoms with E-state index in [1.807, 2.05) is 6.92 Å². The van der Waals surface area contributed by atoms with Crippen molar-refractivity contribution < 1.29 is 17.4 Å². The van der Waals surface area contributed by atoms with Crippen molar-refractivity contribution in [2.75, 3.05) is 0 Å². The van der Waals surface area contributed by atoms with Crippen LogP contribution in [0.2, 0.25) is 0 Å². The van der Waals surface area contributed by atoms with E-state index in [1.165, 1.54) is 12.1 Å². The minimum atomic E-state index is -4.02. The quantitative estimate of drug-likeness (QED) is 0.859. The van der Waals surface area contributed by atoms with Crippen molar-refractivity contribution in [3.8, 4) is 0 Å². The molecule has 1 aromatic rings. The fourth-order valence-electron chi connectivity index (χ4n) is 2.28. The molecule has 1 aliphatic carbocycles. The predicted octanol–water partition coefficient (Wildman–Crippen LogP) is 1.74. The highest BCUT2D eigenvalue weighted by molar-refractivity contribution is 7.87. The van der Waals surface area contributed by atoms with Gasteiger partial charge in [0, 0.05) is 6.04 Å². The van der Waals surface area contributed by atoms with E-state index in [4.69, 9.17) is 9.92 Å². The maximum absolute atomic E-state index is 12.0. The van der Waals surface area contributed by atoms with Crippen LogP contribution in [0.4, 0.5) is 0 Å². The second-order valence-corrected chi connectivity index (χ2v) is 6.83. The summed E-state index contributed by atoms with van der Waals surface area (Å²) in [4.78, 5) is 11.9. The fourth-order valence-corrected chi connectivity index (χ4v) is 3.20. The van der Waals surface area contributed by atoms with Gasteiger partial charge in [0.25, 0.3) is 0 Å². The maximum atomic E-state index is 12.0. The molecule has 2 N–H and O–H groups in total. The summed E-state index contributed by atoms with van der Waals surface area (Å²) in [5, 5.41) is 0. The molecule has 1 aromatic carbocycles. The van der Waals surface area contributed by atoms with Crippen LogP contribution < -0.4 is 5.73 Å². The number of rotatable bonds is 3. The highest BCUT2D eigenvalue weighted by atomic mass is 32.2. The Kier molecular flexibility index (Phi) is 4.45. The van der Waals surface area contributed by atoms with Crippen LogP contribution in [-0.4, -0.2) is 20.4 Å². The highest BCUT2D eigenvalue weighted by Crippen LogP contribution is 2.26. The van der Waals surface area contributed by atoms with E-state index in [-0.39, 0.29) is 16.9 Å². The van der Waals surface area contributed by atoms with E-state index < -0.39 is 16.1 Å². The van der Waals surface area contributed by atoms with E-state index in [1.54, 1.807) is 12.1 Å². The third kappa shape index (κ3) is 3.58. The number of carbonyl (C=O) groups is 1. The van der Waals surface area contributed by atoms with Gasteiger partial charge in [0.05, 0.1) is 5.92 Å². The summed E-state index contributed by atoms with van der Waals surface area (Å²) in [7, 11) is -4.02. The number of hydrogen-bond acceptors (Lipinski definition) is 5. The summed E-state index contributed by atoms with van der Waals surface area (Å²) in [6, 6.07) is 6.32. The second kappa shape index (κ2) is 5.93. The molecule has 1 saturated carbocycles. The molecule has 5 nitrogen and oxygen atoms in total. The van der Waals surface area contributed by atoms with Crippen LogP contribution in [0.1, 0.15) is 31.2 Å². The van der Waals surface area contributed by atoms with Gasteiger partial charge in [-0.25, -0.2) is 0 Å². The van der Waals surface area contributed by atoms with E-state index in [9.17, 15) is 13.2 Å². The van der Waals surface area contributed by atoms with Gasteiger partial charge in [-0.2, -0.15) is 8.42 Å². The maximum Gasteiger partial charge on any atom is 0.341 e. The van der Waals surface area contributed by atoms with Crippen LogP contribution in [0, 0.1) is 12.8 Å². The number of nitrogens with two attached hydrogens (primary N) is 1. The van der Waals surface area contributed by atoms with Crippen LogP contribution in [0.15, 0.2) is 29.2 Å². The Morgan fingerprint density at radius 2 is 1.70 bits per heavy atom. The van der Waals surface area contributed by atoms with E-state index in [0.717, 1.165) is 18.4 Å². The summed E-state index contributed by atoms with van der Waals surface area (Å²) in [6.07, 6.45) is 2.63. The minimum Gasteiger partial charge on any atom is -0.342 e. The molecule has 0 radical (unpaired) electrons. The molecule has 0 heterocycles. The van der Waals surface area contributed by atoms with Gasteiger partial charge in [0.1, 0.15) is 4.90 Å². The van der Waals surface area contributed by atoms with Gasteiger partial charge >= 0.3 is 16.1 Å². The van der Waals surface area contributed by atoms with Gasteiger partial charge in [-0.05, 0) is 44.7 Å². The molecule has 1 aliphatic rings. The first-order valence-corrected chi connectivity index (χ1v) is 8.10. The third-order valence-corrected chi connectivity index (χ3v) is 4.84. The normalized spacial score (nSPS) is 23.3. The Morgan fingerprint density at radius 3 is 2.25 bits per heavy atom. The largest absolute Gasteiger partial charge is 0.342 e. The van der Waals surface area contributed by atoms with E-state index in [0.29, 0.717) is 12.8 Å². The van der Waals surface area contributed by atoms with Gasteiger partial charge < -0.3 is 9.92 Å². The van der Waals surface area contributed by atoms with Crippen LogP contribution >= 0.6 is 0 Å². The Bertz CT molecular complexity index is 572. The fraction of sp³-hybridized carbons (Fsp3) is 0.500. The second-order valence-electron chi connectivity index (χ2n) is 5.28. The molecule has 0 bridgehead atoms. The van der Waals surface area contributed by atoms with Crippen molar-refractivity contribution in [2.24, 2.45) is 11.7 Å². The standard InChI is InChI=1S/C14H19NO4S/c1-10-2-8-13(9-3-10)20(17,18)19-14(16)11-4-6-12(15)7-5-11/h2-3,8-9,11-12H,4-7,15H2,1H3. The number of hydrogen-bond donors (Lipinski definition) is 1. The zero-order valence-corrected chi connectivity index (χ0v) is 12.2. The lowest BCUT2D eigenvalue weighted by molar-refractivity contribution is -0.139. The van der Waals surface area contributed by atoms with E-state index in [2.05, 4.69) is 0 Å². The van der Waals surface area contributed by atoms with Crippen LogP contribution in [0.5, 0.6) is 0 Å². The molecule has 0 aromatic heterocycles. The average Bonchev–Trinajstić information content (AvgIpc) is 2.39. The minimum absolute atomic E-state index is 0.00367. The summed E-state index contributed by atoms with van der Waals surface area (Å²) >= 11 is 0. The van der Waals surface area contributed by atoms with Gasteiger partial charge in [-0.3, -0.25) is 4.79 Å². The van der Waals surface area contributed by atoms with Crippen molar-refractivity contribution in [2.45, 2.75) is 43.5 Å². The summed E-state index contributed by atoms with van der Waals surface area (Å²) < 4.78 is 28.7. The Balaban J connectivity index is 2.04. The van der Waals surface area contributed by atoms with Crippen molar-refractivity contribution >= 4 is 16.1 Å². The molecule has 0 spiro atoms. The van der Waals surface area contributed by atoms with Crippen molar-refractivity contribution in [3.05, 3.63) is 29.8 Å². The molecule has 0 unspecified atom stereocenters. The first-order chi connectivity index (χ1) is 9.38. The zero-order chi connectivity index (χ0) is 14.8. The Morgan fingerprint density at radius 1 is 1.15 bits per heavy atom. The van der Waals surface area contributed by atoms with E-state index >= 15 is 0 Å². The van der Waals surface area contributed by atoms with Crippen LogP contribution in [0.25, 0.3) is 0 Å².